The largest absolute Gasteiger partial charge is 0.508 e. The molecule has 0 saturated carbocycles. The van der Waals surface area contributed by atoms with Crippen LogP contribution < -0.4 is 9.47 Å². The maximum Gasteiger partial charge on any atom is 0.335 e. The maximum atomic E-state index is 10.9. The van der Waals surface area contributed by atoms with Crippen molar-refractivity contribution in [2.45, 2.75) is 25.7 Å². The third-order valence-corrected chi connectivity index (χ3v) is 4.71. The predicted octanol–water partition coefficient (Wildman–Crippen LogP) is 5.78. The van der Waals surface area contributed by atoms with Crippen LogP contribution in [0.1, 0.15) is 36.0 Å². The average Bonchev–Trinajstić information content (AvgIpc) is 2.76. The van der Waals surface area contributed by atoms with Crippen molar-refractivity contribution in [3.8, 4) is 28.4 Å². The van der Waals surface area contributed by atoms with Crippen LogP contribution in [0.4, 0.5) is 0 Å². The van der Waals surface area contributed by atoms with E-state index >= 15 is 0 Å². The van der Waals surface area contributed by atoms with Crippen molar-refractivity contribution in [2.24, 2.45) is 0 Å². The number of unbranched alkanes of at least 4 members (excludes halogenated alkanes) is 3. The Bertz CT molecular complexity index is 933. The first-order valence-corrected chi connectivity index (χ1v) is 10.1. The molecule has 5 nitrogen and oxygen atoms in total. The molecule has 0 unspecified atom stereocenters. The van der Waals surface area contributed by atoms with Gasteiger partial charge in [0.2, 0.25) is 0 Å². The number of ether oxygens (including phenoxy) is 2. The van der Waals surface area contributed by atoms with Crippen LogP contribution in [-0.2, 0) is 0 Å². The van der Waals surface area contributed by atoms with E-state index in [0.717, 1.165) is 42.6 Å². The second-order valence-electron chi connectivity index (χ2n) is 7.02. The van der Waals surface area contributed by atoms with E-state index in [-0.39, 0.29) is 11.3 Å². The van der Waals surface area contributed by atoms with E-state index in [2.05, 4.69) is 0 Å². The highest BCUT2D eigenvalue weighted by atomic mass is 16.5. The van der Waals surface area contributed by atoms with E-state index in [9.17, 15) is 9.90 Å². The molecule has 0 aliphatic heterocycles. The number of carboxylic acid groups (broad SMARTS) is 1. The first-order valence-electron chi connectivity index (χ1n) is 10.1. The Morgan fingerprint density at radius 1 is 0.700 bits per heavy atom. The van der Waals surface area contributed by atoms with Crippen molar-refractivity contribution in [3.63, 3.8) is 0 Å². The number of rotatable bonds is 11. The zero-order valence-corrected chi connectivity index (χ0v) is 16.8. The van der Waals surface area contributed by atoms with Crippen LogP contribution in [0, 0.1) is 0 Å². The summed E-state index contributed by atoms with van der Waals surface area (Å²) in [5.41, 5.74) is 2.27. The number of aromatic carboxylic acids is 1. The van der Waals surface area contributed by atoms with Crippen LogP contribution >= 0.6 is 0 Å². The molecular formula is C25H26O5. The monoisotopic (exact) mass is 406 g/mol. The van der Waals surface area contributed by atoms with Gasteiger partial charge in [-0.3, -0.25) is 0 Å². The van der Waals surface area contributed by atoms with Gasteiger partial charge in [-0.15, -0.1) is 0 Å². The second-order valence-corrected chi connectivity index (χ2v) is 7.02. The Labute approximate surface area is 176 Å². The smallest absolute Gasteiger partial charge is 0.335 e. The number of hydrogen-bond donors (Lipinski definition) is 2. The summed E-state index contributed by atoms with van der Waals surface area (Å²) in [6.45, 7) is 1.30. The average molecular weight is 406 g/mol. The number of benzene rings is 3. The molecule has 0 heterocycles. The van der Waals surface area contributed by atoms with E-state index in [0.29, 0.717) is 19.0 Å². The van der Waals surface area contributed by atoms with Gasteiger partial charge in [0.15, 0.2) is 0 Å². The summed E-state index contributed by atoms with van der Waals surface area (Å²) < 4.78 is 11.4. The molecule has 0 fully saturated rings. The van der Waals surface area contributed by atoms with Crippen molar-refractivity contribution in [3.05, 3.63) is 78.4 Å². The maximum absolute atomic E-state index is 10.9. The molecule has 30 heavy (non-hydrogen) atoms. The minimum atomic E-state index is -0.922. The fourth-order valence-electron chi connectivity index (χ4n) is 3.06. The zero-order valence-electron chi connectivity index (χ0n) is 16.8. The quantitative estimate of drug-likeness (QED) is 0.395. The summed E-state index contributed by atoms with van der Waals surface area (Å²) in [5, 5.41) is 18.4. The molecule has 0 aliphatic rings. The summed E-state index contributed by atoms with van der Waals surface area (Å²) in [5.74, 6) is 0.816. The number of hydrogen-bond acceptors (Lipinski definition) is 4. The van der Waals surface area contributed by atoms with Gasteiger partial charge >= 0.3 is 5.97 Å². The standard InChI is InChI=1S/C25H26O5/c26-22-6-5-7-24(18-22)30-17-4-2-1-3-16-29-23-14-12-20(13-15-23)19-8-10-21(11-9-19)25(27)28/h5-15,18,26H,1-4,16-17H2,(H,27,28). The van der Waals surface area contributed by atoms with Gasteiger partial charge in [0, 0.05) is 6.07 Å². The van der Waals surface area contributed by atoms with Crippen LogP contribution in [-0.4, -0.2) is 29.4 Å². The molecule has 3 rings (SSSR count). The molecule has 0 bridgehead atoms. The molecule has 0 spiro atoms. The number of phenols is 1. The van der Waals surface area contributed by atoms with Crippen molar-refractivity contribution in [1.82, 2.24) is 0 Å². The van der Waals surface area contributed by atoms with Gasteiger partial charge in [0.05, 0.1) is 18.8 Å². The summed E-state index contributed by atoms with van der Waals surface area (Å²) in [6.07, 6.45) is 4.07. The molecule has 156 valence electrons. The molecule has 5 heteroatoms. The normalized spacial score (nSPS) is 10.5. The van der Waals surface area contributed by atoms with E-state index in [1.54, 1.807) is 30.3 Å². The third kappa shape index (κ3) is 6.55. The van der Waals surface area contributed by atoms with Crippen molar-refractivity contribution >= 4 is 5.97 Å². The Kier molecular flexibility index (Phi) is 7.72. The lowest BCUT2D eigenvalue weighted by atomic mass is 10.0. The first-order chi connectivity index (χ1) is 14.6. The summed E-state index contributed by atoms with van der Waals surface area (Å²) >= 11 is 0. The molecule has 0 atom stereocenters. The Morgan fingerprint density at radius 3 is 1.83 bits per heavy atom. The second kappa shape index (κ2) is 10.9. The molecule has 2 N–H and O–H groups in total. The zero-order chi connectivity index (χ0) is 21.2. The van der Waals surface area contributed by atoms with Crippen LogP contribution in [0.15, 0.2) is 72.8 Å². The predicted molar refractivity (Wildman–Crippen MR) is 116 cm³/mol. The number of phenolic OH excluding ortho intramolecular Hbond substituents is 1. The van der Waals surface area contributed by atoms with Gasteiger partial charge in [-0.05, 0) is 73.2 Å². The highest BCUT2D eigenvalue weighted by Crippen LogP contribution is 2.23. The lowest BCUT2D eigenvalue weighted by molar-refractivity contribution is 0.0697. The van der Waals surface area contributed by atoms with E-state index < -0.39 is 5.97 Å². The topological polar surface area (TPSA) is 76.0 Å². The number of aromatic hydroxyl groups is 1. The van der Waals surface area contributed by atoms with Crippen LogP contribution in [0.3, 0.4) is 0 Å². The van der Waals surface area contributed by atoms with Gasteiger partial charge in [-0.2, -0.15) is 0 Å². The lowest BCUT2D eigenvalue weighted by Crippen LogP contribution is -1.99. The lowest BCUT2D eigenvalue weighted by Gasteiger charge is -2.08. The molecular weight excluding hydrogens is 380 g/mol. The number of carbonyl (C=O) groups is 1. The summed E-state index contributed by atoms with van der Waals surface area (Å²) in [4.78, 5) is 10.9. The molecule has 0 aliphatic carbocycles. The minimum absolute atomic E-state index is 0.216. The molecule has 0 saturated heterocycles. The Balaban J connectivity index is 1.31. The SMILES string of the molecule is O=C(O)c1ccc(-c2ccc(OCCCCCCOc3cccc(O)c3)cc2)cc1. The van der Waals surface area contributed by atoms with Crippen LogP contribution in [0.25, 0.3) is 11.1 Å². The van der Waals surface area contributed by atoms with Crippen LogP contribution in [0.2, 0.25) is 0 Å². The highest BCUT2D eigenvalue weighted by Gasteiger charge is 2.04. The molecule has 3 aromatic rings. The first kappa shape index (κ1) is 21.2. The third-order valence-electron chi connectivity index (χ3n) is 4.71. The minimum Gasteiger partial charge on any atom is -0.508 e. The number of carboxylic acids is 1. The van der Waals surface area contributed by atoms with Gasteiger partial charge in [-0.25, -0.2) is 4.79 Å². The van der Waals surface area contributed by atoms with Gasteiger partial charge in [0.1, 0.15) is 17.2 Å². The fraction of sp³-hybridized carbons (Fsp3) is 0.240. The van der Waals surface area contributed by atoms with Gasteiger partial charge in [0.25, 0.3) is 0 Å². The van der Waals surface area contributed by atoms with Gasteiger partial charge < -0.3 is 19.7 Å². The molecule has 0 aromatic heterocycles. The Hall–Kier alpha value is -3.47. The Morgan fingerprint density at radius 2 is 1.27 bits per heavy atom. The van der Waals surface area contributed by atoms with Crippen molar-refractivity contribution < 1.29 is 24.5 Å². The van der Waals surface area contributed by atoms with E-state index in [1.165, 1.54) is 0 Å². The molecule has 3 aromatic carbocycles. The summed E-state index contributed by atoms with van der Waals surface area (Å²) in [7, 11) is 0. The van der Waals surface area contributed by atoms with E-state index in [4.69, 9.17) is 14.6 Å². The van der Waals surface area contributed by atoms with Crippen molar-refractivity contribution in [1.29, 1.82) is 0 Å². The molecule has 0 amide bonds. The fourth-order valence-corrected chi connectivity index (χ4v) is 3.06. The van der Waals surface area contributed by atoms with Crippen LogP contribution in [0.5, 0.6) is 17.2 Å². The molecule has 0 radical (unpaired) electrons. The summed E-state index contributed by atoms with van der Waals surface area (Å²) in [6, 6.07) is 21.5. The van der Waals surface area contributed by atoms with Crippen molar-refractivity contribution in [2.75, 3.05) is 13.2 Å². The van der Waals surface area contributed by atoms with E-state index in [1.807, 2.05) is 42.5 Å². The van der Waals surface area contributed by atoms with Gasteiger partial charge in [-0.1, -0.05) is 30.3 Å². The highest BCUT2D eigenvalue weighted by molar-refractivity contribution is 5.88.